The van der Waals surface area contributed by atoms with Crippen LogP contribution in [0.25, 0.3) is 0 Å². The molecule has 0 amide bonds. The van der Waals surface area contributed by atoms with Gasteiger partial charge in [-0.2, -0.15) is 0 Å². The van der Waals surface area contributed by atoms with Crippen molar-refractivity contribution in [2.24, 2.45) is 17.8 Å². The van der Waals surface area contributed by atoms with Gasteiger partial charge in [0.2, 0.25) is 0 Å². The Labute approximate surface area is 122 Å². The van der Waals surface area contributed by atoms with Crippen molar-refractivity contribution in [1.29, 1.82) is 0 Å². The fourth-order valence-corrected chi connectivity index (χ4v) is 3.01. The number of hydrogen-bond acceptors (Lipinski definition) is 2. The molecule has 4 atom stereocenters. The van der Waals surface area contributed by atoms with E-state index in [1.54, 1.807) is 0 Å². The van der Waals surface area contributed by atoms with Gasteiger partial charge in [-0.15, -0.1) is 13.2 Å². The Kier molecular flexibility index (Phi) is 4.81. The lowest BCUT2D eigenvalue weighted by atomic mass is 9.73. The average Bonchev–Trinajstić information content (AvgIpc) is 2.40. The Morgan fingerprint density at radius 1 is 1.10 bits per heavy atom. The summed E-state index contributed by atoms with van der Waals surface area (Å²) in [6, 6.07) is 5.52. The molecular formula is C16H21F3O2. The van der Waals surface area contributed by atoms with Gasteiger partial charge < -0.3 is 9.84 Å². The van der Waals surface area contributed by atoms with Gasteiger partial charge >= 0.3 is 6.36 Å². The lowest BCUT2D eigenvalue weighted by Crippen LogP contribution is -2.25. The van der Waals surface area contributed by atoms with Crippen molar-refractivity contribution in [2.75, 3.05) is 0 Å². The summed E-state index contributed by atoms with van der Waals surface area (Å²) in [6.45, 7) is 4.40. The third kappa shape index (κ3) is 4.37. The fourth-order valence-electron chi connectivity index (χ4n) is 3.01. The van der Waals surface area contributed by atoms with E-state index in [4.69, 9.17) is 0 Å². The minimum atomic E-state index is -4.69. The molecule has 21 heavy (non-hydrogen) atoms. The summed E-state index contributed by atoms with van der Waals surface area (Å²) in [5, 5.41) is 10.4. The van der Waals surface area contributed by atoms with E-state index >= 15 is 0 Å². The van der Waals surface area contributed by atoms with Gasteiger partial charge in [0.25, 0.3) is 0 Å². The Hall–Kier alpha value is -1.23. The van der Waals surface area contributed by atoms with Gasteiger partial charge in [0.1, 0.15) is 5.75 Å². The molecule has 0 bridgehead atoms. The first kappa shape index (κ1) is 16.1. The second-order valence-electron chi connectivity index (χ2n) is 6.09. The number of benzene rings is 1. The first-order valence-electron chi connectivity index (χ1n) is 7.30. The van der Waals surface area contributed by atoms with Gasteiger partial charge in [0.15, 0.2) is 0 Å². The quantitative estimate of drug-likeness (QED) is 0.877. The molecule has 1 N–H and O–H groups in total. The van der Waals surface area contributed by atoms with Crippen LogP contribution in [0.5, 0.6) is 5.75 Å². The zero-order chi connectivity index (χ0) is 15.6. The molecule has 118 valence electrons. The standard InChI is InChI=1S/C16H21F3O2/c1-10-3-4-13(9-11(10)2)15(20)12-5-7-14(8-6-12)21-16(17,18)19/h5-8,10-11,13,15,20H,3-4,9H2,1-2H3. The van der Waals surface area contributed by atoms with E-state index in [0.717, 1.165) is 19.3 Å². The molecule has 0 radical (unpaired) electrons. The van der Waals surface area contributed by atoms with Crippen LogP contribution >= 0.6 is 0 Å². The van der Waals surface area contributed by atoms with Crippen LogP contribution in [-0.4, -0.2) is 11.5 Å². The third-order valence-corrected chi connectivity index (χ3v) is 4.54. The lowest BCUT2D eigenvalue weighted by molar-refractivity contribution is -0.274. The minimum Gasteiger partial charge on any atom is -0.406 e. The van der Waals surface area contributed by atoms with E-state index in [9.17, 15) is 18.3 Å². The molecule has 4 unspecified atom stereocenters. The van der Waals surface area contributed by atoms with Gasteiger partial charge in [-0.1, -0.05) is 32.4 Å². The summed E-state index contributed by atoms with van der Waals surface area (Å²) in [4.78, 5) is 0. The minimum absolute atomic E-state index is 0.172. The highest BCUT2D eigenvalue weighted by Crippen LogP contribution is 2.40. The van der Waals surface area contributed by atoms with Crippen LogP contribution in [0.15, 0.2) is 24.3 Å². The smallest absolute Gasteiger partial charge is 0.406 e. The number of aliphatic hydroxyl groups is 1. The molecule has 1 fully saturated rings. The summed E-state index contributed by atoms with van der Waals surface area (Å²) in [6.07, 6.45) is -2.33. The van der Waals surface area contributed by atoms with Crippen molar-refractivity contribution >= 4 is 0 Å². The zero-order valence-electron chi connectivity index (χ0n) is 12.2. The summed E-state index contributed by atoms with van der Waals surface area (Å²) in [7, 11) is 0. The number of alkyl halides is 3. The van der Waals surface area contributed by atoms with Crippen LogP contribution < -0.4 is 4.74 Å². The lowest BCUT2D eigenvalue weighted by Gasteiger charge is -2.34. The molecule has 1 aromatic carbocycles. The molecule has 0 aliphatic heterocycles. The first-order valence-corrected chi connectivity index (χ1v) is 7.30. The van der Waals surface area contributed by atoms with Gasteiger partial charge in [-0.05, 0) is 48.3 Å². The average molecular weight is 302 g/mol. The summed E-state index contributed by atoms with van der Waals surface area (Å²) in [5.41, 5.74) is 0.649. The van der Waals surface area contributed by atoms with Crippen molar-refractivity contribution in [2.45, 2.75) is 45.6 Å². The number of hydrogen-bond donors (Lipinski definition) is 1. The molecule has 2 nitrogen and oxygen atoms in total. The summed E-state index contributed by atoms with van der Waals surface area (Å²) < 4.78 is 40.1. The largest absolute Gasteiger partial charge is 0.573 e. The predicted octanol–water partition coefficient (Wildman–Crippen LogP) is 4.69. The molecule has 0 spiro atoms. The van der Waals surface area contributed by atoms with Gasteiger partial charge in [-0.3, -0.25) is 0 Å². The van der Waals surface area contributed by atoms with Crippen LogP contribution in [0.3, 0.4) is 0 Å². The van der Waals surface area contributed by atoms with Crippen LogP contribution in [0.1, 0.15) is 44.8 Å². The maximum absolute atomic E-state index is 12.1. The SMILES string of the molecule is CC1CCC(C(O)c2ccc(OC(F)(F)F)cc2)CC1C. The molecule has 1 aliphatic carbocycles. The second kappa shape index (κ2) is 6.26. The van der Waals surface area contributed by atoms with Crippen molar-refractivity contribution in [3.63, 3.8) is 0 Å². The van der Waals surface area contributed by atoms with Crippen LogP contribution in [0.4, 0.5) is 13.2 Å². The van der Waals surface area contributed by atoms with E-state index in [1.807, 2.05) is 0 Å². The van der Waals surface area contributed by atoms with Crippen molar-refractivity contribution in [1.82, 2.24) is 0 Å². The monoisotopic (exact) mass is 302 g/mol. The number of halogens is 3. The fraction of sp³-hybridized carbons (Fsp3) is 0.625. The van der Waals surface area contributed by atoms with Crippen LogP contribution in [0, 0.1) is 17.8 Å². The number of ether oxygens (including phenoxy) is 1. The normalized spacial score (nSPS) is 28.2. The Morgan fingerprint density at radius 2 is 1.71 bits per heavy atom. The maximum Gasteiger partial charge on any atom is 0.573 e. The first-order chi connectivity index (χ1) is 9.76. The third-order valence-electron chi connectivity index (χ3n) is 4.54. The van der Waals surface area contributed by atoms with Crippen LogP contribution in [-0.2, 0) is 0 Å². The van der Waals surface area contributed by atoms with E-state index in [1.165, 1.54) is 24.3 Å². The second-order valence-corrected chi connectivity index (χ2v) is 6.09. The van der Waals surface area contributed by atoms with Crippen molar-refractivity contribution in [3.8, 4) is 5.75 Å². The molecule has 1 aromatic rings. The molecule has 0 saturated heterocycles. The molecule has 1 aliphatic rings. The van der Waals surface area contributed by atoms with E-state index in [-0.39, 0.29) is 11.7 Å². The van der Waals surface area contributed by atoms with Crippen molar-refractivity contribution < 1.29 is 23.0 Å². The number of rotatable bonds is 3. The Bertz CT molecular complexity index is 456. The zero-order valence-corrected chi connectivity index (χ0v) is 12.2. The van der Waals surface area contributed by atoms with Gasteiger partial charge in [-0.25, -0.2) is 0 Å². The van der Waals surface area contributed by atoms with E-state index in [0.29, 0.717) is 17.4 Å². The van der Waals surface area contributed by atoms with Gasteiger partial charge in [0, 0.05) is 0 Å². The van der Waals surface area contributed by atoms with Crippen molar-refractivity contribution in [3.05, 3.63) is 29.8 Å². The maximum atomic E-state index is 12.1. The molecule has 0 aromatic heterocycles. The van der Waals surface area contributed by atoms with Gasteiger partial charge in [0.05, 0.1) is 6.10 Å². The highest BCUT2D eigenvalue weighted by Gasteiger charge is 2.32. The topological polar surface area (TPSA) is 29.5 Å². The van der Waals surface area contributed by atoms with Crippen LogP contribution in [0.2, 0.25) is 0 Å². The molecule has 2 rings (SSSR count). The Morgan fingerprint density at radius 3 is 2.24 bits per heavy atom. The molecular weight excluding hydrogens is 281 g/mol. The highest BCUT2D eigenvalue weighted by molar-refractivity contribution is 5.29. The molecule has 1 saturated carbocycles. The summed E-state index contributed by atoms with van der Waals surface area (Å²) >= 11 is 0. The van der Waals surface area contributed by atoms with E-state index < -0.39 is 12.5 Å². The summed E-state index contributed by atoms with van der Waals surface area (Å²) in [5.74, 6) is 1.14. The molecule has 0 heterocycles. The molecule has 5 heteroatoms. The Balaban J connectivity index is 2.01. The predicted molar refractivity (Wildman–Crippen MR) is 73.8 cm³/mol. The van der Waals surface area contributed by atoms with E-state index in [2.05, 4.69) is 18.6 Å². The highest BCUT2D eigenvalue weighted by atomic mass is 19.4. The number of aliphatic hydroxyl groups excluding tert-OH is 1.